The maximum atomic E-state index is 13.6. The van der Waals surface area contributed by atoms with Gasteiger partial charge in [0.2, 0.25) is 5.91 Å². The first-order valence-corrected chi connectivity index (χ1v) is 9.93. The molecule has 1 N–H and O–H groups in total. The maximum absolute atomic E-state index is 13.6. The molecule has 3 aromatic rings. The van der Waals surface area contributed by atoms with Gasteiger partial charge in [-0.25, -0.2) is 0 Å². The molecule has 7 nitrogen and oxygen atoms in total. The Morgan fingerprint density at radius 2 is 1.87 bits per heavy atom. The predicted octanol–water partition coefficient (Wildman–Crippen LogP) is 4.74. The van der Waals surface area contributed by atoms with Gasteiger partial charge in [0.1, 0.15) is 6.54 Å². The van der Waals surface area contributed by atoms with Crippen LogP contribution in [0.25, 0.3) is 0 Å². The molecular weight excluding hydrogens is 418 g/mol. The van der Waals surface area contributed by atoms with Gasteiger partial charge in [-0.15, -0.1) is 0 Å². The first-order chi connectivity index (χ1) is 14.8. The number of anilines is 1. The van der Waals surface area contributed by atoms with E-state index in [-0.39, 0.29) is 23.7 Å². The molecule has 1 aliphatic rings. The van der Waals surface area contributed by atoms with Gasteiger partial charge in [0, 0.05) is 33.5 Å². The molecule has 31 heavy (non-hydrogen) atoms. The Kier molecular flexibility index (Phi) is 5.44. The van der Waals surface area contributed by atoms with E-state index in [0.717, 1.165) is 5.56 Å². The molecule has 4 rings (SSSR count). The fourth-order valence-electron chi connectivity index (χ4n) is 3.77. The third-order valence-electron chi connectivity index (χ3n) is 5.24. The van der Waals surface area contributed by atoms with E-state index in [1.165, 1.54) is 23.1 Å². The minimum atomic E-state index is -0.610. The summed E-state index contributed by atoms with van der Waals surface area (Å²) in [6.07, 6.45) is 0. The zero-order valence-electron chi connectivity index (χ0n) is 16.5. The number of carbonyl (C=O) groups is 2. The molecule has 0 fully saturated rings. The van der Waals surface area contributed by atoms with Crippen LogP contribution in [0.3, 0.4) is 0 Å². The summed E-state index contributed by atoms with van der Waals surface area (Å²) in [5.74, 6) is -0.850. The maximum Gasteiger partial charge on any atom is 0.273 e. The number of benzene rings is 3. The highest BCUT2D eigenvalue weighted by Crippen LogP contribution is 2.38. The largest absolute Gasteiger partial charge is 0.324 e. The minimum Gasteiger partial charge on any atom is -0.324 e. The Bertz CT molecular complexity index is 1200. The quantitative estimate of drug-likeness (QED) is 0.475. The van der Waals surface area contributed by atoms with Crippen molar-refractivity contribution in [3.05, 3.63) is 104 Å². The van der Waals surface area contributed by atoms with Gasteiger partial charge in [-0.1, -0.05) is 48.0 Å². The molecule has 3 aromatic carbocycles. The van der Waals surface area contributed by atoms with Crippen LogP contribution in [-0.4, -0.2) is 28.2 Å². The Labute approximate surface area is 183 Å². The molecule has 0 aliphatic carbocycles. The third kappa shape index (κ3) is 4.00. The average molecular weight is 436 g/mol. The number of fused-ring (bicyclic) bond motifs is 1. The van der Waals surface area contributed by atoms with E-state index in [9.17, 15) is 19.7 Å². The molecule has 0 spiro atoms. The number of nitro groups is 1. The summed E-state index contributed by atoms with van der Waals surface area (Å²) in [6, 6.07) is 18.1. The second kappa shape index (κ2) is 8.20. The lowest BCUT2D eigenvalue weighted by Gasteiger charge is -2.30. The van der Waals surface area contributed by atoms with Gasteiger partial charge in [-0.2, -0.15) is 0 Å². The zero-order chi connectivity index (χ0) is 22.1. The average Bonchev–Trinajstić information content (AvgIpc) is 2.89. The summed E-state index contributed by atoms with van der Waals surface area (Å²) in [5.41, 5.74) is 2.46. The molecule has 1 atom stereocenters. The predicted molar refractivity (Wildman–Crippen MR) is 117 cm³/mol. The number of nitrogens with zero attached hydrogens (tertiary/aromatic N) is 2. The van der Waals surface area contributed by atoms with Crippen LogP contribution in [0.2, 0.25) is 5.02 Å². The van der Waals surface area contributed by atoms with E-state index in [4.69, 9.17) is 11.6 Å². The van der Waals surface area contributed by atoms with Gasteiger partial charge in [0.15, 0.2) is 0 Å². The minimum absolute atomic E-state index is 0.136. The van der Waals surface area contributed by atoms with Gasteiger partial charge in [-0.05, 0) is 36.8 Å². The molecule has 1 aliphatic heterocycles. The summed E-state index contributed by atoms with van der Waals surface area (Å²) in [6.45, 7) is 1.39. The van der Waals surface area contributed by atoms with Crippen LogP contribution in [0, 0.1) is 17.0 Å². The standard InChI is InChI=1S/C23H18ClN3O4/c1-14-7-8-16(11-20(14)27(30)31)23(29)26-13-21(28)25-19-10-9-17(24)12-18(19)22(26)15-5-3-2-4-6-15/h2-12,22H,13H2,1H3,(H,25,28)/t22-/m1/s1. The first kappa shape index (κ1) is 20.6. The lowest BCUT2D eigenvalue weighted by molar-refractivity contribution is -0.385. The van der Waals surface area contributed by atoms with Gasteiger partial charge < -0.3 is 10.2 Å². The number of amides is 2. The molecule has 8 heteroatoms. The van der Waals surface area contributed by atoms with Crippen LogP contribution in [0.1, 0.15) is 33.1 Å². The van der Waals surface area contributed by atoms with Gasteiger partial charge in [0.05, 0.1) is 11.0 Å². The van der Waals surface area contributed by atoms with Crippen LogP contribution in [0.4, 0.5) is 11.4 Å². The van der Waals surface area contributed by atoms with Crippen LogP contribution >= 0.6 is 11.6 Å². The lowest BCUT2D eigenvalue weighted by Crippen LogP contribution is -2.39. The monoisotopic (exact) mass is 435 g/mol. The van der Waals surface area contributed by atoms with Crippen LogP contribution in [0.5, 0.6) is 0 Å². The van der Waals surface area contributed by atoms with Gasteiger partial charge in [0.25, 0.3) is 11.6 Å². The zero-order valence-corrected chi connectivity index (χ0v) is 17.3. The van der Waals surface area contributed by atoms with Crippen molar-refractivity contribution in [2.75, 3.05) is 11.9 Å². The van der Waals surface area contributed by atoms with Crippen LogP contribution in [0.15, 0.2) is 66.7 Å². The fourth-order valence-corrected chi connectivity index (χ4v) is 3.95. The van der Waals surface area contributed by atoms with E-state index in [1.807, 2.05) is 30.3 Å². The Hall–Kier alpha value is -3.71. The number of rotatable bonds is 3. The normalized spacial score (nSPS) is 15.6. The molecule has 1 heterocycles. The number of hydrogen-bond acceptors (Lipinski definition) is 4. The molecule has 0 aromatic heterocycles. The second-order valence-electron chi connectivity index (χ2n) is 7.28. The fraction of sp³-hybridized carbons (Fsp3) is 0.130. The molecule has 0 unspecified atom stereocenters. The topological polar surface area (TPSA) is 92.6 Å². The number of nitrogens with one attached hydrogen (secondary N) is 1. The van der Waals surface area contributed by atoms with Crippen molar-refractivity contribution in [3.8, 4) is 0 Å². The summed E-state index contributed by atoms with van der Waals surface area (Å²) in [4.78, 5) is 38.5. The van der Waals surface area contributed by atoms with E-state index < -0.39 is 16.9 Å². The summed E-state index contributed by atoms with van der Waals surface area (Å²) in [7, 11) is 0. The SMILES string of the molecule is Cc1ccc(C(=O)N2CC(=O)Nc3ccc(Cl)cc3[C@H]2c2ccccc2)cc1[N+](=O)[O-]. The molecule has 0 radical (unpaired) electrons. The summed E-state index contributed by atoms with van der Waals surface area (Å²) >= 11 is 6.25. The van der Waals surface area contributed by atoms with E-state index in [0.29, 0.717) is 21.8 Å². The van der Waals surface area contributed by atoms with Crippen molar-refractivity contribution in [1.29, 1.82) is 0 Å². The molecule has 0 bridgehead atoms. The molecule has 0 saturated carbocycles. The van der Waals surface area contributed by atoms with Gasteiger partial charge >= 0.3 is 0 Å². The van der Waals surface area contributed by atoms with Crippen molar-refractivity contribution in [2.45, 2.75) is 13.0 Å². The third-order valence-corrected chi connectivity index (χ3v) is 5.47. The van der Waals surface area contributed by atoms with E-state index in [2.05, 4.69) is 5.32 Å². The number of aryl methyl sites for hydroxylation is 1. The van der Waals surface area contributed by atoms with Crippen molar-refractivity contribution in [2.24, 2.45) is 0 Å². The highest BCUT2D eigenvalue weighted by Gasteiger charge is 2.34. The highest BCUT2D eigenvalue weighted by atomic mass is 35.5. The molecule has 0 saturated heterocycles. The van der Waals surface area contributed by atoms with Crippen molar-refractivity contribution >= 4 is 34.8 Å². The molecule has 156 valence electrons. The van der Waals surface area contributed by atoms with Crippen LogP contribution < -0.4 is 5.32 Å². The number of hydrogen-bond donors (Lipinski definition) is 1. The second-order valence-corrected chi connectivity index (χ2v) is 7.72. The molecular formula is C23H18ClN3O4. The Morgan fingerprint density at radius 3 is 2.58 bits per heavy atom. The van der Waals surface area contributed by atoms with Crippen molar-refractivity contribution in [1.82, 2.24) is 4.90 Å². The van der Waals surface area contributed by atoms with E-state index >= 15 is 0 Å². The smallest absolute Gasteiger partial charge is 0.273 e. The Morgan fingerprint density at radius 1 is 1.13 bits per heavy atom. The number of carbonyl (C=O) groups excluding carboxylic acids is 2. The summed E-state index contributed by atoms with van der Waals surface area (Å²) in [5, 5.41) is 14.7. The van der Waals surface area contributed by atoms with E-state index in [1.54, 1.807) is 25.1 Å². The lowest BCUT2D eigenvalue weighted by atomic mass is 9.95. The van der Waals surface area contributed by atoms with Gasteiger partial charge in [-0.3, -0.25) is 19.7 Å². The molecule has 2 amide bonds. The number of nitro benzene ring substituents is 1. The number of halogens is 1. The van der Waals surface area contributed by atoms with Crippen LogP contribution in [-0.2, 0) is 4.79 Å². The summed E-state index contributed by atoms with van der Waals surface area (Å²) < 4.78 is 0. The Balaban J connectivity index is 1.88. The first-order valence-electron chi connectivity index (χ1n) is 9.55. The van der Waals surface area contributed by atoms with Crippen molar-refractivity contribution in [3.63, 3.8) is 0 Å². The highest BCUT2D eigenvalue weighted by molar-refractivity contribution is 6.30. The van der Waals surface area contributed by atoms with Crippen molar-refractivity contribution < 1.29 is 14.5 Å².